The molecule has 1 amide bonds. The highest BCUT2D eigenvalue weighted by molar-refractivity contribution is 5.92. The number of anilines is 1. The number of rotatable bonds is 4. The van der Waals surface area contributed by atoms with Crippen molar-refractivity contribution in [3.63, 3.8) is 0 Å². The molecule has 27 heavy (non-hydrogen) atoms. The summed E-state index contributed by atoms with van der Waals surface area (Å²) in [6.45, 7) is 1.08. The van der Waals surface area contributed by atoms with Gasteiger partial charge in [0.1, 0.15) is 17.9 Å². The first kappa shape index (κ1) is 18.5. The molecule has 8 heteroatoms. The molecule has 1 heterocycles. The predicted molar refractivity (Wildman–Crippen MR) is 92.6 cm³/mol. The van der Waals surface area contributed by atoms with Crippen LogP contribution in [0, 0.1) is 0 Å². The van der Waals surface area contributed by atoms with E-state index in [2.05, 4.69) is 5.32 Å². The van der Waals surface area contributed by atoms with E-state index >= 15 is 0 Å². The lowest BCUT2D eigenvalue weighted by atomic mass is 10.1. The molecule has 0 saturated carbocycles. The van der Waals surface area contributed by atoms with Gasteiger partial charge in [0.15, 0.2) is 0 Å². The van der Waals surface area contributed by atoms with Crippen LogP contribution in [0.25, 0.3) is 11.0 Å². The van der Waals surface area contributed by atoms with Gasteiger partial charge >= 0.3 is 11.8 Å². The Kier molecular flexibility index (Phi) is 4.89. The summed E-state index contributed by atoms with van der Waals surface area (Å²) in [5, 5.41) is 3.05. The Labute approximate surface area is 151 Å². The Bertz CT molecular complexity index is 1060. The summed E-state index contributed by atoms with van der Waals surface area (Å²) >= 11 is 0. The largest absolute Gasteiger partial charge is 0.488 e. The van der Waals surface area contributed by atoms with Gasteiger partial charge in [-0.25, -0.2) is 4.79 Å². The number of nitrogens with one attached hydrogen (secondary N) is 1. The highest BCUT2D eigenvalue weighted by atomic mass is 19.4. The van der Waals surface area contributed by atoms with Crippen LogP contribution in [0.15, 0.2) is 57.7 Å². The molecule has 0 bridgehead atoms. The molecule has 0 atom stereocenters. The summed E-state index contributed by atoms with van der Waals surface area (Å²) in [7, 11) is 0. The number of carbonyl (C=O) groups excluding carboxylic acids is 1. The normalized spacial score (nSPS) is 11.4. The number of fused-ring (bicyclic) bond motifs is 1. The van der Waals surface area contributed by atoms with Crippen molar-refractivity contribution in [2.45, 2.75) is 19.7 Å². The Morgan fingerprint density at radius 2 is 1.89 bits per heavy atom. The molecule has 3 aromatic rings. The highest BCUT2D eigenvalue weighted by Crippen LogP contribution is 2.36. The zero-order chi connectivity index (χ0) is 19.6. The maximum absolute atomic E-state index is 13.1. The summed E-state index contributed by atoms with van der Waals surface area (Å²) < 4.78 is 49.6. The number of hydrogen-bond donors (Lipinski definition) is 1. The van der Waals surface area contributed by atoms with E-state index in [4.69, 9.17) is 9.15 Å². The fourth-order valence-electron chi connectivity index (χ4n) is 2.61. The lowest BCUT2D eigenvalue weighted by Gasteiger charge is -2.14. The second-order valence-corrected chi connectivity index (χ2v) is 5.77. The Hall–Kier alpha value is -3.29. The van der Waals surface area contributed by atoms with Gasteiger partial charge < -0.3 is 14.5 Å². The van der Waals surface area contributed by atoms with Gasteiger partial charge in [-0.3, -0.25) is 4.79 Å². The SMILES string of the molecule is CC(=O)Nc1ccc2c(COc3ccccc3C(F)(F)F)cc(=O)oc2c1. The second kappa shape index (κ2) is 7.14. The minimum absolute atomic E-state index is 0.191. The predicted octanol–water partition coefficient (Wildman–Crippen LogP) is 4.35. The third-order valence-electron chi connectivity index (χ3n) is 3.73. The summed E-state index contributed by atoms with van der Waals surface area (Å²) in [5.41, 5.74) is -0.585. The Balaban J connectivity index is 1.94. The fraction of sp³-hybridized carbons (Fsp3) is 0.158. The van der Waals surface area contributed by atoms with E-state index < -0.39 is 17.4 Å². The maximum atomic E-state index is 13.1. The molecule has 0 unspecified atom stereocenters. The fourth-order valence-corrected chi connectivity index (χ4v) is 2.61. The minimum Gasteiger partial charge on any atom is -0.488 e. The summed E-state index contributed by atoms with van der Waals surface area (Å²) in [4.78, 5) is 22.9. The number of carbonyl (C=O) groups is 1. The average molecular weight is 377 g/mol. The molecule has 0 aliphatic carbocycles. The van der Waals surface area contributed by atoms with Crippen LogP contribution in [0.5, 0.6) is 5.75 Å². The van der Waals surface area contributed by atoms with Crippen LogP contribution in [0.4, 0.5) is 18.9 Å². The van der Waals surface area contributed by atoms with Crippen LogP contribution in [0.1, 0.15) is 18.1 Å². The van der Waals surface area contributed by atoms with E-state index in [1.165, 1.54) is 31.2 Å². The minimum atomic E-state index is -4.55. The van der Waals surface area contributed by atoms with Gasteiger partial charge in [-0.15, -0.1) is 0 Å². The van der Waals surface area contributed by atoms with Crippen LogP contribution in [0.3, 0.4) is 0 Å². The first-order valence-corrected chi connectivity index (χ1v) is 7.87. The molecule has 0 spiro atoms. The second-order valence-electron chi connectivity index (χ2n) is 5.77. The number of hydrogen-bond acceptors (Lipinski definition) is 4. The average Bonchev–Trinajstić information content (AvgIpc) is 2.58. The molecule has 0 aliphatic heterocycles. The smallest absolute Gasteiger partial charge is 0.419 e. The van der Waals surface area contributed by atoms with E-state index in [-0.39, 0.29) is 23.8 Å². The first-order chi connectivity index (χ1) is 12.7. The lowest BCUT2D eigenvalue weighted by Crippen LogP contribution is -2.10. The number of amides is 1. The van der Waals surface area contributed by atoms with Crippen LogP contribution < -0.4 is 15.7 Å². The molecule has 5 nitrogen and oxygen atoms in total. The van der Waals surface area contributed by atoms with E-state index in [1.54, 1.807) is 12.1 Å². The van der Waals surface area contributed by atoms with Crippen LogP contribution in [-0.4, -0.2) is 5.91 Å². The quantitative estimate of drug-likeness (QED) is 0.687. The van der Waals surface area contributed by atoms with Crippen LogP contribution >= 0.6 is 0 Å². The molecule has 1 N–H and O–H groups in total. The van der Waals surface area contributed by atoms with E-state index in [9.17, 15) is 22.8 Å². The Morgan fingerprint density at radius 3 is 2.59 bits per heavy atom. The van der Waals surface area contributed by atoms with Crippen molar-refractivity contribution in [1.82, 2.24) is 0 Å². The van der Waals surface area contributed by atoms with Crippen molar-refractivity contribution in [2.24, 2.45) is 0 Å². The molecular formula is C19H14F3NO4. The van der Waals surface area contributed by atoms with Gasteiger partial charge in [-0.05, 0) is 24.3 Å². The zero-order valence-corrected chi connectivity index (χ0v) is 14.1. The Morgan fingerprint density at radius 1 is 1.15 bits per heavy atom. The van der Waals surface area contributed by atoms with Gasteiger partial charge in [-0.1, -0.05) is 12.1 Å². The molecule has 0 fully saturated rings. The number of ether oxygens (including phenoxy) is 1. The maximum Gasteiger partial charge on any atom is 0.419 e. The van der Waals surface area contributed by atoms with Crippen LogP contribution in [0.2, 0.25) is 0 Å². The molecule has 0 saturated heterocycles. The molecule has 3 rings (SSSR count). The summed E-state index contributed by atoms with van der Waals surface area (Å²) in [6.07, 6.45) is -4.55. The van der Waals surface area contributed by atoms with Crippen LogP contribution in [-0.2, 0) is 17.6 Å². The standard InChI is InChI=1S/C19H14F3NO4/c1-11(24)23-13-6-7-14-12(8-18(25)27-17(14)9-13)10-26-16-5-3-2-4-15(16)19(20,21)22/h2-9H,10H2,1H3,(H,23,24). The van der Waals surface area contributed by atoms with E-state index in [0.717, 1.165) is 12.1 Å². The van der Waals surface area contributed by atoms with Gasteiger partial charge in [0.25, 0.3) is 0 Å². The molecule has 1 aromatic heterocycles. The number of halogens is 3. The summed E-state index contributed by atoms with van der Waals surface area (Å²) in [5.74, 6) is -0.624. The topological polar surface area (TPSA) is 68.5 Å². The molecule has 2 aromatic carbocycles. The number of alkyl halides is 3. The van der Waals surface area contributed by atoms with Gasteiger partial charge in [0, 0.05) is 35.7 Å². The van der Waals surface area contributed by atoms with Gasteiger partial charge in [-0.2, -0.15) is 13.2 Å². The summed E-state index contributed by atoms with van der Waals surface area (Å²) in [6, 6.07) is 10.7. The number of para-hydroxylation sites is 1. The molecule has 140 valence electrons. The van der Waals surface area contributed by atoms with Gasteiger partial charge in [0.05, 0.1) is 5.56 Å². The third kappa shape index (κ3) is 4.28. The van der Waals surface area contributed by atoms with Crippen molar-refractivity contribution < 1.29 is 27.1 Å². The van der Waals surface area contributed by atoms with Crippen molar-refractivity contribution in [3.05, 3.63) is 70.1 Å². The molecule has 0 radical (unpaired) electrons. The van der Waals surface area contributed by atoms with Crippen molar-refractivity contribution in [2.75, 3.05) is 5.32 Å². The van der Waals surface area contributed by atoms with Gasteiger partial charge in [0.2, 0.25) is 5.91 Å². The van der Waals surface area contributed by atoms with E-state index in [1.807, 2.05) is 0 Å². The number of benzene rings is 2. The zero-order valence-electron chi connectivity index (χ0n) is 14.1. The lowest BCUT2D eigenvalue weighted by molar-refractivity contribution is -0.139. The monoisotopic (exact) mass is 377 g/mol. The third-order valence-corrected chi connectivity index (χ3v) is 3.73. The van der Waals surface area contributed by atoms with Crippen molar-refractivity contribution in [1.29, 1.82) is 0 Å². The first-order valence-electron chi connectivity index (χ1n) is 7.87. The highest BCUT2D eigenvalue weighted by Gasteiger charge is 2.34. The van der Waals surface area contributed by atoms with Crippen molar-refractivity contribution in [3.8, 4) is 5.75 Å². The molecule has 0 aliphatic rings. The molecular weight excluding hydrogens is 363 g/mol. The van der Waals surface area contributed by atoms with Crippen molar-refractivity contribution >= 4 is 22.6 Å². The van der Waals surface area contributed by atoms with E-state index in [0.29, 0.717) is 16.6 Å².